The van der Waals surface area contributed by atoms with Crippen LogP contribution in [0.5, 0.6) is 0 Å². The van der Waals surface area contributed by atoms with E-state index in [0.29, 0.717) is 21.7 Å². The van der Waals surface area contributed by atoms with E-state index in [0.717, 1.165) is 5.92 Å². The Labute approximate surface area is 102 Å². The van der Waals surface area contributed by atoms with Gasteiger partial charge in [0.25, 0.3) is 0 Å². The van der Waals surface area contributed by atoms with Crippen molar-refractivity contribution >= 4 is 0 Å². The Balaban J connectivity index is 2.23. The van der Waals surface area contributed by atoms with Gasteiger partial charge in [0.15, 0.2) is 0 Å². The molecule has 3 unspecified atom stereocenters. The predicted molar refractivity (Wildman–Crippen MR) is 71.4 cm³/mol. The highest BCUT2D eigenvalue weighted by Crippen LogP contribution is 2.77. The molecule has 0 N–H and O–H groups in total. The normalized spacial score (nSPS) is 43.3. The molecule has 0 amide bonds. The van der Waals surface area contributed by atoms with E-state index in [4.69, 9.17) is 0 Å². The van der Waals surface area contributed by atoms with E-state index in [-0.39, 0.29) is 0 Å². The lowest BCUT2D eigenvalue weighted by molar-refractivity contribution is -0.00805. The van der Waals surface area contributed by atoms with Crippen molar-refractivity contribution in [2.24, 2.45) is 27.6 Å². The Bertz CT molecular complexity index is 292. The van der Waals surface area contributed by atoms with Gasteiger partial charge in [-0.15, -0.1) is 0 Å². The highest BCUT2D eigenvalue weighted by Gasteiger charge is 2.69. The molecule has 94 valence electrons. The maximum atomic E-state index is 2.58. The molecule has 2 aliphatic rings. The standard InChI is InChI=1S/C16H30/c1-13(2,3)11-14(4,5)16(7)9-8-12-10-15(12,16)6/h12H,8-11H2,1-7H3. The molecule has 0 aromatic carbocycles. The number of hydrogen-bond acceptors (Lipinski definition) is 0. The van der Waals surface area contributed by atoms with Crippen LogP contribution in [0.2, 0.25) is 0 Å². The van der Waals surface area contributed by atoms with E-state index >= 15 is 0 Å². The highest BCUT2D eigenvalue weighted by molar-refractivity contribution is 5.18. The van der Waals surface area contributed by atoms with Gasteiger partial charge in [-0.2, -0.15) is 0 Å². The molecule has 2 fully saturated rings. The van der Waals surface area contributed by atoms with Crippen molar-refractivity contribution in [3.8, 4) is 0 Å². The summed E-state index contributed by atoms with van der Waals surface area (Å²) >= 11 is 0. The summed E-state index contributed by atoms with van der Waals surface area (Å²) in [6.07, 6.45) is 5.79. The zero-order valence-electron chi connectivity index (χ0n) is 12.4. The molecule has 0 saturated heterocycles. The Morgan fingerprint density at radius 1 is 1.06 bits per heavy atom. The maximum Gasteiger partial charge on any atom is -0.0218 e. The van der Waals surface area contributed by atoms with Crippen LogP contribution in [0.15, 0.2) is 0 Å². The molecule has 0 aromatic rings. The first-order valence-corrected chi connectivity index (χ1v) is 7.02. The van der Waals surface area contributed by atoms with E-state index in [9.17, 15) is 0 Å². The van der Waals surface area contributed by atoms with Crippen LogP contribution in [0.1, 0.15) is 74.1 Å². The van der Waals surface area contributed by atoms with Gasteiger partial charge in [0.1, 0.15) is 0 Å². The van der Waals surface area contributed by atoms with Gasteiger partial charge in [-0.25, -0.2) is 0 Å². The Kier molecular flexibility index (Phi) is 2.38. The molecular weight excluding hydrogens is 192 g/mol. The van der Waals surface area contributed by atoms with Crippen molar-refractivity contribution in [1.82, 2.24) is 0 Å². The van der Waals surface area contributed by atoms with Crippen molar-refractivity contribution in [3.63, 3.8) is 0 Å². The molecule has 2 rings (SSSR count). The van der Waals surface area contributed by atoms with Crippen molar-refractivity contribution in [3.05, 3.63) is 0 Å². The Morgan fingerprint density at radius 2 is 1.62 bits per heavy atom. The van der Waals surface area contributed by atoms with Gasteiger partial charge in [-0.3, -0.25) is 0 Å². The molecule has 2 saturated carbocycles. The van der Waals surface area contributed by atoms with Crippen LogP contribution in [-0.2, 0) is 0 Å². The van der Waals surface area contributed by atoms with Gasteiger partial charge in [0.05, 0.1) is 0 Å². The first kappa shape index (κ1) is 12.5. The van der Waals surface area contributed by atoms with Gasteiger partial charge in [-0.1, -0.05) is 48.5 Å². The molecule has 0 nitrogen and oxygen atoms in total. The van der Waals surface area contributed by atoms with Crippen LogP contribution in [-0.4, -0.2) is 0 Å². The van der Waals surface area contributed by atoms with Gasteiger partial charge in [-0.05, 0) is 53.3 Å². The van der Waals surface area contributed by atoms with Crippen LogP contribution in [0.3, 0.4) is 0 Å². The van der Waals surface area contributed by atoms with Gasteiger partial charge >= 0.3 is 0 Å². The number of hydrogen-bond donors (Lipinski definition) is 0. The van der Waals surface area contributed by atoms with Crippen molar-refractivity contribution < 1.29 is 0 Å². The molecule has 0 heterocycles. The second kappa shape index (κ2) is 3.06. The Hall–Kier alpha value is 0. The van der Waals surface area contributed by atoms with Crippen molar-refractivity contribution in [2.45, 2.75) is 74.1 Å². The minimum atomic E-state index is 0.454. The average Bonchev–Trinajstić information content (AvgIpc) is 2.63. The van der Waals surface area contributed by atoms with Crippen LogP contribution in [0.25, 0.3) is 0 Å². The molecule has 0 bridgehead atoms. The summed E-state index contributed by atoms with van der Waals surface area (Å²) in [6, 6.07) is 0. The molecule has 0 spiro atoms. The third-order valence-electron chi connectivity index (χ3n) is 6.13. The van der Waals surface area contributed by atoms with Gasteiger partial charge < -0.3 is 0 Å². The summed E-state index contributed by atoms with van der Waals surface area (Å²) in [5.41, 5.74) is 2.17. The topological polar surface area (TPSA) is 0 Å². The molecule has 0 aromatic heterocycles. The van der Waals surface area contributed by atoms with E-state index in [2.05, 4.69) is 48.5 Å². The summed E-state index contributed by atoms with van der Waals surface area (Å²) < 4.78 is 0. The second-order valence-electron chi connectivity index (χ2n) is 8.81. The SMILES string of the molecule is CC(C)(C)CC(C)(C)C1(C)CCC2CC21C. The van der Waals surface area contributed by atoms with Crippen LogP contribution >= 0.6 is 0 Å². The fourth-order valence-electron chi connectivity index (χ4n) is 4.93. The van der Waals surface area contributed by atoms with Crippen LogP contribution in [0.4, 0.5) is 0 Å². The predicted octanol–water partition coefficient (Wildman–Crippen LogP) is 5.28. The quantitative estimate of drug-likeness (QED) is 0.596. The van der Waals surface area contributed by atoms with E-state index in [1.54, 1.807) is 0 Å². The minimum absolute atomic E-state index is 0.454. The first-order chi connectivity index (χ1) is 7.02. The molecule has 0 heteroatoms. The van der Waals surface area contributed by atoms with Crippen LogP contribution in [0, 0.1) is 27.6 Å². The molecule has 0 radical (unpaired) electrons. The number of fused-ring (bicyclic) bond motifs is 1. The number of rotatable bonds is 2. The molecular formula is C16H30. The third kappa shape index (κ3) is 1.56. The zero-order chi connectivity index (χ0) is 12.4. The lowest BCUT2D eigenvalue weighted by Gasteiger charge is -2.50. The van der Waals surface area contributed by atoms with Gasteiger partial charge in [0.2, 0.25) is 0 Å². The van der Waals surface area contributed by atoms with E-state index < -0.39 is 0 Å². The fraction of sp³-hybridized carbons (Fsp3) is 1.00. The lowest BCUT2D eigenvalue weighted by Crippen LogP contribution is -2.42. The van der Waals surface area contributed by atoms with Gasteiger partial charge in [0, 0.05) is 0 Å². The summed E-state index contributed by atoms with van der Waals surface area (Å²) in [5, 5.41) is 0. The minimum Gasteiger partial charge on any atom is -0.0602 e. The average molecular weight is 222 g/mol. The maximum absolute atomic E-state index is 2.58. The largest absolute Gasteiger partial charge is 0.0602 e. The second-order valence-corrected chi connectivity index (χ2v) is 8.81. The van der Waals surface area contributed by atoms with Crippen molar-refractivity contribution in [1.29, 1.82) is 0 Å². The molecule has 0 aliphatic heterocycles. The Morgan fingerprint density at radius 3 is 1.94 bits per heavy atom. The molecule has 3 atom stereocenters. The lowest BCUT2D eigenvalue weighted by atomic mass is 9.55. The zero-order valence-corrected chi connectivity index (χ0v) is 12.4. The summed E-state index contributed by atoms with van der Waals surface area (Å²) in [6.45, 7) is 17.3. The fourth-order valence-corrected chi connectivity index (χ4v) is 4.93. The smallest absolute Gasteiger partial charge is 0.0218 e. The monoisotopic (exact) mass is 222 g/mol. The third-order valence-corrected chi connectivity index (χ3v) is 6.13. The van der Waals surface area contributed by atoms with Crippen molar-refractivity contribution in [2.75, 3.05) is 0 Å². The summed E-state index contributed by atoms with van der Waals surface area (Å²) in [4.78, 5) is 0. The highest BCUT2D eigenvalue weighted by atomic mass is 14.7. The van der Waals surface area contributed by atoms with E-state index in [1.807, 2.05) is 0 Å². The van der Waals surface area contributed by atoms with E-state index in [1.165, 1.54) is 25.7 Å². The van der Waals surface area contributed by atoms with Crippen LogP contribution < -0.4 is 0 Å². The molecule has 2 aliphatic carbocycles. The summed E-state index contributed by atoms with van der Waals surface area (Å²) in [7, 11) is 0. The molecule has 16 heavy (non-hydrogen) atoms. The summed E-state index contributed by atoms with van der Waals surface area (Å²) in [5.74, 6) is 1.05. The first-order valence-electron chi connectivity index (χ1n) is 7.02.